The van der Waals surface area contributed by atoms with Crippen LogP contribution in [0.4, 0.5) is 0 Å². The Kier molecular flexibility index (Phi) is 6.17. The van der Waals surface area contributed by atoms with Crippen LogP contribution in [0.3, 0.4) is 0 Å². The first-order chi connectivity index (χ1) is 5.57. The van der Waals surface area contributed by atoms with Crippen molar-refractivity contribution in [1.29, 1.82) is 0 Å². The van der Waals surface area contributed by atoms with Crippen molar-refractivity contribution >= 4 is 17.5 Å². The van der Waals surface area contributed by atoms with Gasteiger partial charge >= 0.3 is 0 Å². The molecule has 0 bridgehead atoms. The first kappa shape index (κ1) is 11.8. The van der Waals surface area contributed by atoms with Gasteiger partial charge < -0.3 is 4.90 Å². The van der Waals surface area contributed by atoms with Crippen molar-refractivity contribution in [2.75, 3.05) is 19.5 Å². The number of carbonyl (C=O) groups excluding carboxylic acids is 1. The topological polar surface area (TPSA) is 20.3 Å². The minimum atomic E-state index is 0.0143. The van der Waals surface area contributed by atoms with Gasteiger partial charge in [0.25, 0.3) is 0 Å². The average Bonchev–Trinajstić information content (AvgIpc) is 2.02. The van der Waals surface area contributed by atoms with Gasteiger partial charge in [0.15, 0.2) is 0 Å². The predicted octanol–water partition coefficient (Wildman–Crippen LogP) is 2.12. The van der Waals surface area contributed by atoms with Crippen LogP contribution in [-0.4, -0.2) is 30.3 Å². The van der Waals surface area contributed by atoms with Crippen LogP contribution in [0.2, 0.25) is 0 Å². The van der Waals surface area contributed by atoms with E-state index in [1.165, 1.54) is 6.42 Å². The highest BCUT2D eigenvalue weighted by atomic mass is 35.5. The molecule has 0 aliphatic rings. The molecule has 2 nitrogen and oxygen atoms in total. The van der Waals surface area contributed by atoms with Gasteiger partial charge in [0.1, 0.15) is 5.88 Å². The summed E-state index contributed by atoms with van der Waals surface area (Å²) in [7, 11) is 1.80. The van der Waals surface area contributed by atoms with Crippen molar-refractivity contribution in [1.82, 2.24) is 4.90 Å². The summed E-state index contributed by atoms with van der Waals surface area (Å²) in [4.78, 5) is 12.7. The molecule has 0 aromatic carbocycles. The molecule has 1 amide bonds. The van der Waals surface area contributed by atoms with Crippen LogP contribution in [0.15, 0.2) is 0 Å². The molecular weight excluding hydrogens is 174 g/mol. The zero-order chi connectivity index (χ0) is 9.56. The molecule has 3 heteroatoms. The smallest absolute Gasteiger partial charge is 0.237 e. The first-order valence-corrected chi connectivity index (χ1v) is 4.91. The second-order valence-corrected chi connectivity index (χ2v) is 3.75. The molecule has 0 N–H and O–H groups in total. The SMILES string of the molecule is CC(C)CCCN(C)C(=O)CCl. The Labute approximate surface area is 79.9 Å². The first-order valence-electron chi connectivity index (χ1n) is 4.37. The molecule has 0 fully saturated rings. The minimum absolute atomic E-state index is 0.0143. The van der Waals surface area contributed by atoms with E-state index in [1.54, 1.807) is 11.9 Å². The number of rotatable bonds is 5. The summed E-state index contributed by atoms with van der Waals surface area (Å²) in [5.74, 6) is 0.822. The summed E-state index contributed by atoms with van der Waals surface area (Å²) in [6.45, 7) is 5.19. The van der Waals surface area contributed by atoms with Crippen LogP contribution < -0.4 is 0 Å². The van der Waals surface area contributed by atoms with Gasteiger partial charge in [-0.05, 0) is 18.8 Å². The molecule has 0 spiro atoms. The van der Waals surface area contributed by atoms with Gasteiger partial charge in [-0.2, -0.15) is 0 Å². The Morgan fingerprint density at radius 1 is 1.50 bits per heavy atom. The summed E-state index contributed by atoms with van der Waals surface area (Å²) in [5, 5.41) is 0. The minimum Gasteiger partial charge on any atom is -0.345 e. The van der Waals surface area contributed by atoms with E-state index in [2.05, 4.69) is 13.8 Å². The lowest BCUT2D eigenvalue weighted by Crippen LogP contribution is -2.28. The van der Waals surface area contributed by atoms with Crippen LogP contribution in [0.25, 0.3) is 0 Å². The fourth-order valence-corrected chi connectivity index (χ4v) is 1.17. The maximum atomic E-state index is 11.0. The number of hydrogen-bond donors (Lipinski definition) is 0. The fraction of sp³-hybridized carbons (Fsp3) is 0.889. The molecule has 0 aliphatic carbocycles. The van der Waals surface area contributed by atoms with E-state index in [9.17, 15) is 4.79 Å². The Morgan fingerprint density at radius 2 is 2.08 bits per heavy atom. The van der Waals surface area contributed by atoms with Crippen LogP contribution in [0.5, 0.6) is 0 Å². The van der Waals surface area contributed by atoms with E-state index in [1.807, 2.05) is 0 Å². The van der Waals surface area contributed by atoms with Crippen molar-refractivity contribution in [3.05, 3.63) is 0 Å². The van der Waals surface area contributed by atoms with Gasteiger partial charge in [0.2, 0.25) is 5.91 Å². The molecule has 0 radical (unpaired) electrons. The highest BCUT2D eigenvalue weighted by molar-refractivity contribution is 6.27. The molecule has 0 unspecified atom stereocenters. The number of halogens is 1. The lowest BCUT2D eigenvalue weighted by molar-refractivity contribution is -0.127. The average molecular weight is 192 g/mol. The molecule has 0 atom stereocenters. The number of carbonyl (C=O) groups is 1. The Hall–Kier alpha value is -0.240. The second-order valence-electron chi connectivity index (χ2n) is 3.48. The van der Waals surface area contributed by atoms with E-state index < -0.39 is 0 Å². The summed E-state index contributed by atoms with van der Waals surface area (Å²) >= 11 is 5.40. The summed E-state index contributed by atoms with van der Waals surface area (Å²) in [6, 6.07) is 0. The third-order valence-electron chi connectivity index (χ3n) is 1.82. The zero-order valence-electron chi connectivity index (χ0n) is 8.14. The molecule has 12 heavy (non-hydrogen) atoms. The quantitative estimate of drug-likeness (QED) is 0.610. The van der Waals surface area contributed by atoms with Gasteiger partial charge in [-0.3, -0.25) is 4.79 Å². The van der Waals surface area contributed by atoms with E-state index >= 15 is 0 Å². The highest BCUT2D eigenvalue weighted by Crippen LogP contribution is 2.04. The monoisotopic (exact) mass is 191 g/mol. The van der Waals surface area contributed by atoms with Crippen LogP contribution in [0, 0.1) is 5.92 Å². The molecule has 0 saturated carbocycles. The van der Waals surface area contributed by atoms with E-state index in [-0.39, 0.29) is 11.8 Å². The molecule has 0 aromatic rings. The van der Waals surface area contributed by atoms with Crippen molar-refractivity contribution in [3.8, 4) is 0 Å². The number of amides is 1. The molecule has 0 heterocycles. The maximum Gasteiger partial charge on any atom is 0.237 e. The van der Waals surface area contributed by atoms with E-state index in [0.29, 0.717) is 5.92 Å². The third-order valence-corrected chi connectivity index (χ3v) is 2.04. The zero-order valence-corrected chi connectivity index (χ0v) is 8.90. The molecular formula is C9H18ClNO. The lowest BCUT2D eigenvalue weighted by Gasteiger charge is -2.15. The Bertz CT molecular complexity index is 136. The van der Waals surface area contributed by atoms with Crippen molar-refractivity contribution in [3.63, 3.8) is 0 Å². The summed E-state index contributed by atoms with van der Waals surface area (Å²) < 4.78 is 0. The summed E-state index contributed by atoms with van der Waals surface area (Å²) in [5.41, 5.74) is 0. The van der Waals surface area contributed by atoms with Gasteiger partial charge in [0, 0.05) is 13.6 Å². The standard InChI is InChI=1S/C9H18ClNO/c1-8(2)5-4-6-11(3)9(12)7-10/h8H,4-7H2,1-3H3. The highest BCUT2D eigenvalue weighted by Gasteiger charge is 2.05. The normalized spacial score (nSPS) is 10.4. The van der Waals surface area contributed by atoms with Gasteiger partial charge in [-0.15, -0.1) is 11.6 Å². The molecule has 0 aromatic heterocycles. The molecule has 0 saturated heterocycles. The molecule has 0 aliphatic heterocycles. The van der Waals surface area contributed by atoms with Crippen LogP contribution in [0.1, 0.15) is 26.7 Å². The number of hydrogen-bond acceptors (Lipinski definition) is 1. The molecule has 72 valence electrons. The van der Waals surface area contributed by atoms with E-state index in [0.717, 1.165) is 13.0 Å². The van der Waals surface area contributed by atoms with E-state index in [4.69, 9.17) is 11.6 Å². The fourth-order valence-electron chi connectivity index (χ4n) is 0.963. The predicted molar refractivity (Wildman–Crippen MR) is 52.4 cm³/mol. The molecule has 0 rings (SSSR count). The van der Waals surface area contributed by atoms with Gasteiger partial charge in [-0.25, -0.2) is 0 Å². The largest absolute Gasteiger partial charge is 0.345 e. The second kappa shape index (κ2) is 6.30. The van der Waals surface area contributed by atoms with Crippen LogP contribution in [-0.2, 0) is 4.79 Å². The van der Waals surface area contributed by atoms with Gasteiger partial charge in [-0.1, -0.05) is 13.8 Å². The maximum absolute atomic E-state index is 11.0. The van der Waals surface area contributed by atoms with Gasteiger partial charge in [0.05, 0.1) is 0 Å². The Morgan fingerprint density at radius 3 is 2.50 bits per heavy atom. The summed E-state index contributed by atoms with van der Waals surface area (Å²) in [6.07, 6.45) is 2.23. The van der Waals surface area contributed by atoms with Crippen LogP contribution >= 0.6 is 11.6 Å². The third kappa shape index (κ3) is 5.42. The van der Waals surface area contributed by atoms with Crippen molar-refractivity contribution in [2.45, 2.75) is 26.7 Å². The number of alkyl halides is 1. The lowest BCUT2D eigenvalue weighted by atomic mass is 10.1. The van der Waals surface area contributed by atoms with Crippen molar-refractivity contribution < 1.29 is 4.79 Å². The Balaban J connectivity index is 3.43. The van der Waals surface area contributed by atoms with Crippen molar-refractivity contribution in [2.24, 2.45) is 5.92 Å². The number of nitrogens with zero attached hydrogens (tertiary/aromatic N) is 1.